The number of carboxylic acid groups (broad SMARTS) is 1. The Labute approximate surface area is 202 Å². The monoisotopic (exact) mass is 476 g/mol. The standard InChI is InChI=1S/C27H40O5S/c1-3-4-9-16-27(32,18-21-14-12-20(2)13-15-21)19-33-26-22(23(28)17-24(26)29)10-7-5-6-8-11-25(30)31/h5,7,12-15,22,24,26,29,32H,3-4,6,8-11,16-19H2,1-2H3,(H,30,31)/t22-,24?,26+,27?/m0/s1. The van der Waals surface area contributed by atoms with Crippen LogP contribution in [-0.4, -0.2) is 49.8 Å². The van der Waals surface area contributed by atoms with E-state index in [1.165, 1.54) is 17.3 Å². The van der Waals surface area contributed by atoms with E-state index in [1.54, 1.807) is 0 Å². The third-order valence-electron chi connectivity index (χ3n) is 6.36. The second-order valence-corrected chi connectivity index (χ2v) is 10.6. The van der Waals surface area contributed by atoms with Crippen LogP contribution in [0.15, 0.2) is 36.4 Å². The summed E-state index contributed by atoms with van der Waals surface area (Å²) in [7, 11) is 0. The van der Waals surface area contributed by atoms with Crippen molar-refractivity contribution in [3.05, 3.63) is 47.5 Å². The number of aliphatic hydroxyl groups is 2. The zero-order valence-electron chi connectivity index (χ0n) is 20.0. The van der Waals surface area contributed by atoms with Crippen molar-refractivity contribution in [2.45, 2.75) is 95.0 Å². The molecule has 0 aromatic heterocycles. The molecule has 2 unspecified atom stereocenters. The molecule has 0 aliphatic heterocycles. The molecule has 1 saturated carbocycles. The van der Waals surface area contributed by atoms with Crippen LogP contribution in [0.3, 0.4) is 0 Å². The number of aliphatic carboxylic acids is 1. The number of ketones is 1. The van der Waals surface area contributed by atoms with E-state index in [2.05, 4.69) is 31.2 Å². The second kappa shape index (κ2) is 13.9. The zero-order valence-corrected chi connectivity index (χ0v) is 20.9. The third kappa shape index (κ3) is 9.63. The molecular weight excluding hydrogens is 436 g/mol. The topological polar surface area (TPSA) is 94.8 Å². The van der Waals surface area contributed by atoms with Crippen LogP contribution in [0.5, 0.6) is 0 Å². The zero-order chi connectivity index (χ0) is 24.3. The van der Waals surface area contributed by atoms with Crippen LogP contribution >= 0.6 is 11.8 Å². The molecule has 1 aliphatic rings. The lowest BCUT2D eigenvalue weighted by atomic mass is 9.90. The second-order valence-electron chi connectivity index (χ2n) is 9.46. The Kier molecular flexibility index (Phi) is 11.7. The molecule has 4 atom stereocenters. The van der Waals surface area contributed by atoms with E-state index in [0.29, 0.717) is 37.9 Å². The summed E-state index contributed by atoms with van der Waals surface area (Å²) in [6.45, 7) is 4.19. The van der Waals surface area contributed by atoms with Gasteiger partial charge >= 0.3 is 5.97 Å². The van der Waals surface area contributed by atoms with Gasteiger partial charge in [0.2, 0.25) is 0 Å². The number of Topliss-reactive ketones (excluding diaryl/α,β-unsaturated/α-hetero) is 1. The van der Waals surface area contributed by atoms with Gasteiger partial charge in [-0.2, -0.15) is 11.8 Å². The maximum Gasteiger partial charge on any atom is 0.303 e. The number of carbonyl (C=O) groups excluding carboxylic acids is 1. The smallest absolute Gasteiger partial charge is 0.303 e. The van der Waals surface area contributed by atoms with Crippen molar-refractivity contribution in [1.29, 1.82) is 0 Å². The molecule has 5 nitrogen and oxygen atoms in total. The molecule has 6 heteroatoms. The summed E-state index contributed by atoms with van der Waals surface area (Å²) in [5.74, 6) is -0.507. The predicted molar refractivity (Wildman–Crippen MR) is 135 cm³/mol. The van der Waals surface area contributed by atoms with Crippen molar-refractivity contribution in [2.75, 3.05) is 5.75 Å². The van der Waals surface area contributed by atoms with E-state index in [-0.39, 0.29) is 29.8 Å². The number of rotatable bonds is 15. The molecule has 1 aromatic rings. The molecule has 1 aliphatic carbocycles. The number of carbonyl (C=O) groups is 2. The van der Waals surface area contributed by atoms with Gasteiger partial charge < -0.3 is 15.3 Å². The van der Waals surface area contributed by atoms with Gasteiger partial charge in [-0.15, -0.1) is 0 Å². The fourth-order valence-electron chi connectivity index (χ4n) is 4.40. The highest BCUT2D eigenvalue weighted by molar-refractivity contribution is 8.00. The van der Waals surface area contributed by atoms with Crippen LogP contribution in [0.25, 0.3) is 0 Å². The van der Waals surface area contributed by atoms with Gasteiger partial charge in [0.25, 0.3) is 0 Å². The highest BCUT2D eigenvalue weighted by Crippen LogP contribution is 2.38. The Morgan fingerprint density at radius 1 is 1.18 bits per heavy atom. The van der Waals surface area contributed by atoms with Crippen molar-refractivity contribution in [2.24, 2.45) is 5.92 Å². The fraction of sp³-hybridized carbons (Fsp3) is 0.630. The Bertz CT molecular complexity index is 775. The minimum Gasteiger partial charge on any atom is -0.481 e. The molecule has 2 rings (SSSR count). The van der Waals surface area contributed by atoms with Gasteiger partial charge in [-0.3, -0.25) is 9.59 Å². The van der Waals surface area contributed by atoms with Gasteiger partial charge in [-0.1, -0.05) is 68.2 Å². The van der Waals surface area contributed by atoms with Crippen LogP contribution in [0.2, 0.25) is 0 Å². The molecule has 0 saturated heterocycles. The molecule has 33 heavy (non-hydrogen) atoms. The van der Waals surface area contributed by atoms with Gasteiger partial charge in [0.05, 0.1) is 11.7 Å². The molecule has 0 heterocycles. The Morgan fingerprint density at radius 3 is 2.58 bits per heavy atom. The number of allylic oxidation sites excluding steroid dienone is 2. The lowest BCUT2D eigenvalue weighted by Crippen LogP contribution is -2.37. The van der Waals surface area contributed by atoms with Gasteiger partial charge in [0.1, 0.15) is 5.78 Å². The Hall–Kier alpha value is -1.63. The average molecular weight is 477 g/mol. The van der Waals surface area contributed by atoms with Gasteiger partial charge in [0, 0.05) is 36.2 Å². The summed E-state index contributed by atoms with van der Waals surface area (Å²) >= 11 is 1.53. The number of thioether (sulfide) groups is 1. The predicted octanol–water partition coefficient (Wildman–Crippen LogP) is 5.10. The molecule has 0 spiro atoms. The molecule has 1 fully saturated rings. The largest absolute Gasteiger partial charge is 0.481 e. The number of hydrogen-bond acceptors (Lipinski definition) is 5. The van der Waals surface area contributed by atoms with E-state index in [4.69, 9.17) is 5.11 Å². The van der Waals surface area contributed by atoms with Crippen LogP contribution < -0.4 is 0 Å². The molecule has 0 amide bonds. The lowest BCUT2D eigenvalue weighted by Gasteiger charge is -2.31. The number of carboxylic acids is 1. The van der Waals surface area contributed by atoms with Gasteiger partial charge in [0.15, 0.2) is 0 Å². The lowest BCUT2D eigenvalue weighted by molar-refractivity contribution is -0.137. The first-order chi connectivity index (χ1) is 15.7. The summed E-state index contributed by atoms with van der Waals surface area (Å²) in [5.41, 5.74) is 1.41. The van der Waals surface area contributed by atoms with Crippen molar-refractivity contribution in [3.8, 4) is 0 Å². The van der Waals surface area contributed by atoms with E-state index in [9.17, 15) is 19.8 Å². The minimum absolute atomic E-state index is 0.0724. The summed E-state index contributed by atoms with van der Waals surface area (Å²) in [4.78, 5) is 23.1. The van der Waals surface area contributed by atoms with E-state index in [0.717, 1.165) is 24.8 Å². The summed E-state index contributed by atoms with van der Waals surface area (Å²) in [5, 5.41) is 30.6. The number of benzene rings is 1. The number of hydrogen-bond donors (Lipinski definition) is 3. The van der Waals surface area contributed by atoms with Gasteiger partial charge in [-0.25, -0.2) is 0 Å². The summed E-state index contributed by atoms with van der Waals surface area (Å²) in [6, 6.07) is 8.26. The third-order valence-corrected chi connectivity index (χ3v) is 8.09. The molecule has 1 aromatic carbocycles. The van der Waals surface area contributed by atoms with Crippen LogP contribution in [0.1, 0.15) is 75.8 Å². The minimum atomic E-state index is -0.877. The Balaban J connectivity index is 1.99. The average Bonchev–Trinajstić information content (AvgIpc) is 3.03. The quantitative estimate of drug-likeness (QED) is 0.241. The molecule has 184 valence electrons. The number of aliphatic hydroxyl groups excluding tert-OH is 1. The van der Waals surface area contributed by atoms with Crippen LogP contribution in [0.4, 0.5) is 0 Å². The maximum atomic E-state index is 12.5. The summed E-state index contributed by atoms with van der Waals surface area (Å²) < 4.78 is 0. The highest BCUT2D eigenvalue weighted by Gasteiger charge is 2.42. The molecule has 0 bridgehead atoms. The molecular formula is C27H40O5S. The number of aryl methyl sites for hydroxylation is 1. The van der Waals surface area contributed by atoms with E-state index >= 15 is 0 Å². The first-order valence-electron chi connectivity index (χ1n) is 12.2. The first-order valence-corrected chi connectivity index (χ1v) is 13.3. The van der Waals surface area contributed by atoms with E-state index in [1.807, 2.05) is 19.1 Å². The van der Waals surface area contributed by atoms with Crippen molar-refractivity contribution in [3.63, 3.8) is 0 Å². The Morgan fingerprint density at radius 2 is 1.91 bits per heavy atom. The van der Waals surface area contributed by atoms with E-state index < -0.39 is 17.7 Å². The van der Waals surface area contributed by atoms with Crippen molar-refractivity contribution < 1.29 is 24.9 Å². The number of unbranched alkanes of at least 4 members (excludes halogenated alkanes) is 3. The SMILES string of the molecule is CCCCCC(O)(CS[C@H]1C(O)CC(=O)[C@@H]1CC=CCCCC(=O)O)Cc1ccc(C)cc1. The maximum absolute atomic E-state index is 12.5. The molecule has 0 radical (unpaired) electrons. The fourth-order valence-corrected chi connectivity index (χ4v) is 5.97. The van der Waals surface area contributed by atoms with Crippen LogP contribution in [-0.2, 0) is 16.0 Å². The summed E-state index contributed by atoms with van der Waals surface area (Å²) in [6.07, 6.45) is 9.66. The first kappa shape index (κ1) is 27.6. The highest BCUT2D eigenvalue weighted by atomic mass is 32.2. The normalized spacial score (nSPS) is 22.7. The van der Waals surface area contributed by atoms with Crippen molar-refractivity contribution >= 4 is 23.5 Å². The van der Waals surface area contributed by atoms with Crippen LogP contribution in [0, 0.1) is 12.8 Å². The van der Waals surface area contributed by atoms with Crippen molar-refractivity contribution in [1.82, 2.24) is 0 Å². The van der Waals surface area contributed by atoms with Gasteiger partial charge in [-0.05, 0) is 38.2 Å². The molecule has 3 N–H and O–H groups in total.